The van der Waals surface area contributed by atoms with Crippen molar-refractivity contribution in [1.82, 2.24) is 0 Å². The molecule has 0 atom stereocenters. The van der Waals surface area contributed by atoms with Crippen molar-refractivity contribution >= 4 is 17.9 Å². The molecule has 0 aromatic rings. The number of carbonyl (C=O) groups excluding carboxylic acids is 1. The molecule has 0 unspecified atom stereocenters. The van der Waals surface area contributed by atoms with Crippen molar-refractivity contribution in [3.63, 3.8) is 0 Å². The first-order valence-electron chi connectivity index (χ1n) is 7.25. The van der Waals surface area contributed by atoms with Crippen LogP contribution < -0.4 is 0 Å². The van der Waals surface area contributed by atoms with E-state index in [0.717, 1.165) is 19.3 Å². The Morgan fingerprint density at radius 3 is 1.86 bits per heavy atom. The van der Waals surface area contributed by atoms with Gasteiger partial charge in [-0.3, -0.25) is 14.4 Å². The van der Waals surface area contributed by atoms with Crippen molar-refractivity contribution in [1.29, 1.82) is 0 Å². The smallest absolute Gasteiger partial charge is 0.305 e. The molecule has 1 rings (SSSR count). The molecular formula is C16H26O6. The van der Waals surface area contributed by atoms with Gasteiger partial charge in [-0.2, -0.15) is 0 Å². The molecule has 1 fully saturated rings. The Bertz CT molecular complexity index is 317. The maximum atomic E-state index is 10.5. The van der Waals surface area contributed by atoms with Crippen LogP contribution in [-0.4, -0.2) is 34.7 Å². The number of carboxylic acids is 2. The highest BCUT2D eigenvalue weighted by molar-refractivity contribution is 5.69. The minimum Gasteiger partial charge on any atom is -0.481 e. The average molecular weight is 314 g/mol. The van der Waals surface area contributed by atoms with Crippen molar-refractivity contribution in [2.24, 2.45) is 0 Å². The summed E-state index contributed by atoms with van der Waals surface area (Å²) in [6.07, 6.45) is 8.54. The predicted molar refractivity (Wildman–Crippen MR) is 83.6 cm³/mol. The fourth-order valence-electron chi connectivity index (χ4n) is 1.26. The zero-order valence-electron chi connectivity index (χ0n) is 13.0. The molecule has 0 aromatic heterocycles. The molecule has 6 heteroatoms. The van der Waals surface area contributed by atoms with E-state index in [1.165, 1.54) is 0 Å². The molecule has 0 radical (unpaired) electrons. The number of ether oxygens (including phenoxy) is 1. The van der Waals surface area contributed by atoms with Gasteiger partial charge in [0.15, 0.2) is 0 Å². The van der Waals surface area contributed by atoms with Gasteiger partial charge in [-0.1, -0.05) is 12.2 Å². The zero-order chi connectivity index (χ0) is 17.2. The Morgan fingerprint density at radius 2 is 1.50 bits per heavy atom. The van der Waals surface area contributed by atoms with E-state index in [0.29, 0.717) is 25.9 Å². The number of carboxylic acid groups (broad SMARTS) is 2. The van der Waals surface area contributed by atoms with Gasteiger partial charge in [0.1, 0.15) is 0 Å². The van der Waals surface area contributed by atoms with Gasteiger partial charge in [-0.25, -0.2) is 0 Å². The molecule has 126 valence electrons. The number of aliphatic carboxylic acids is 2. The number of carbonyl (C=O) groups is 3. The van der Waals surface area contributed by atoms with E-state index >= 15 is 0 Å². The molecule has 0 aliphatic carbocycles. The molecule has 6 nitrogen and oxygen atoms in total. The third kappa shape index (κ3) is 23.0. The molecule has 22 heavy (non-hydrogen) atoms. The van der Waals surface area contributed by atoms with E-state index in [9.17, 15) is 14.4 Å². The van der Waals surface area contributed by atoms with Gasteiger partial charge in [-0.05, 0) is 32.1 Å². The average Bonchev–Trinajstić information content (AvgIpc) is 2.72. The Morgan fingerprint density at radius 1 is 1.00 bits per heavy atom. The van der Waals surface area contributed by atoms with Crippen LogP contribution in [0.3, 0.4) is 0 Å². The summed E-state index contributed by atoms with van der Waals surface area (Å²) in [7, 11) is 0. The second-order valence-corrected chi connectivity index (χ2v) is 4.47. The van der Waals surface area contributed by atoms with Crippen LogP contribution in [0, 0.1) is 0 Å². The lowest BCUT2D eigenvalue weighted by molar-refractivity contribution is -0.142. The van der Waals surface area contributed by atoms with Gasteiger partial charge >= 0.3 is 17.9 Å². The standard InChI is InChI=1S/C6H10O2.2C5H8O2/c7-6-4-2-1-3-5-8-6;2*1-2-3-4-5(6)7/h1-5H2;2*2H,1,3-4H2,(H,6,7). The van der Waals surface area contributed by atoms with Crippen LogP contribution in [0.5, 0.6) is 0 Å². The molecule has 1 heterocycles. The van der Waals surface area contributed by atoms with E-state index in [-0.39, 0.29) is 18.8 Å². The van der Waals surface area contributed by atoms with Crippen LogP contribution in [-0.2, 0) is 19.1 Å². The quantitative estimate of drug-likeness (QED) is 0.577. The number of rotatable bonds is 6. The van der Waals surface area contributed by atoms with Crippen molar-refractivity contribution in [3.8, 4) is 0 Å². The van der Waals surface area contributed by atoms with E-state index in [4.69, 9.17) is 14.9 Å². The fourth-order valence-corrected chi connectivity index (χ4v) is 1.26. The highest BCUT2D eigenvalue weighted by atomic mass is 16.5. The molecule has 0 saturated carbocycles. The molecule has 1 aliphatic rings. The van der Waals surface area contributed by atoms with E-state index in [1.807, 2.05) is 0 Å². The van der Waals surface area contributed by atoms with Crippen molar-refractivity contribution in [3.05, 3.63) is 25.3 Å². The molecule has 0 aromatic carbocycles. The maximum Gasteiger partial charge on any atom is 0.305 e. The van der Waals surface area contributed by atoms with Crippen LogP contribution in [0.15, 0.2) is 25.3 Å². The number of esters is 1. The minimum absolute atomic E-state index is 0.0255. The van der Waals surface area contributed by atoms with Crippen molar-refractivity contribution in [2.75, 3.05) is 6.61 Å². The van der Waals surface area contributed by atoms with Gasteiger partial charge in [0.25, 0.3) is 0 Å². The first-order valence-corrected chi connectivity index (χ1v) is 7.25. The Kier molecular flexibility index (Phi) is 17.1. The van der Waals surface area contributed by atoms with E-state index in [1.54, 1.807) is 12.2 Å². The summed E-state index contributed by atoms with van der Waals surface area (Å²) in [5.41, 5.74) is 0. The Balaban J connectivity index is 0. The third-order valence-corrected chi connectivity index (χ3v) is 2.41. The number of hydrogen-bond donors (Lipinski definition) is 2. The van der Waals surface area contributed by atoms with Gasteiger partial charge in [0, 0.05) is 19.3 Å². The van der Waals surface area contributed by atoms with Gasteiger partial charge in [0.2, 0.25) is 0 Å². The van der Waals surface area contributed by atoms with E-state index < -0.39 is 11.9 Å². The summed E-state index contributed by atoms with van der Waals surface area (Å²) in [6.45, 7) is 7.38. The maximum absolute atomic E-state index is 10.5. The highest BCUT2D eigenvalue weighted by Crippen LogP contribution is 2.06. The normalized spacial score (nSPS) is 13.0. The molecule has 0 amide bonds. The third-order valence-electron chi connectivity index (χ3n) is 2.41. The second-order valence-electron chi connectivity index (χ2n) is 4.47. The Labute approximate surface area is 131 Å². The molecule has 1 saturated heterocycles. The van der Waals surface area contributed by atoms with Crippen LogP contribution in [0.1, 0.15) is 51.4 Å². The summed E-state index contributed by atoms with van der Waals surface area (Å²) < 4.78 is 4.76. The first-order chi connectivity index (χ1) is 10.4. The summed E-state index contributed by atoms with van der Waals surface area (Å²) in [6, 6.07) is 0. The van der Waals surface area contributed by atoms with Gasteiger partial charge in [0.05, 0.1) is 6.61 Å². The summed E-state index contributed by atoms with van der Waals surface area (Å²) in [5.74, 6) is -1.55. The van der Waals surface area contributed by atoms with Gasteiger partial charge in [-0.15, -0.1) is 13.2 Å². The summed E-state index contributed by atoms with van der Waals surface area (Å²) in [5, 5.41) is 16.0. The summed E-state index contributed by atoms with van der Waals surface area (Å²) >= 11 is 0. The topological polar surface area (TPSA) is 101 Å². The lowest BCUT2D eigenvalue weighted by Crippen LogP contribution is -2.00. The SMILES string of the molecule is C=CCCC(=O)O.C=CCCC(=O)O.O=C1CCCCCO1. The molecule has 1 aliphatic heterocycles. The highest BCUT2D eigenvalue weighted by Gasteiger charge is 2.05. The second kappa shape index (κ2) is 16.9. The lowest BCUT2D eigenvalue weighted by atomic mass is 10.2. The monoisotopic (exact) mass is 314 g/mol. The predicted octanol–water partition coefficient (Wildman–Crippen LogP) is 3.18. The summed E-state index contributed by atoms with van der Waals surface area (Å²) in [4.78, 5) is 29.9. The fraction of sp³-hybridized carbons (Fsp3) is 0.562. The minimum atomic E-state index is -0.764. The van der Waals surface area contributed by atoms with Crippen molar-refractivity contribution < 1.29 is 29.3 Å². The van der Waals surface area contributed by atoms with Crippen LogP contribution >= 0.6 is 0 Å². The number of allylic oxidation sites excluding steroid dienone is 2. The number of hydrogen-bond acceptors (Lipinski definition) is 4. The largest absolute Gasteiger partial charge is 0.481 e. The first kappa shape index (κ1) is 22.2. The van der Waals surface area contributed by atoms with E-state index in [2.05, 4.69) is 13.2 Å². The van der Waals surface area contributed by atoms with Crippen LogP contribution in [0.25, 0.3) is 0 Å². The number of cyclic esters (lactones) is 1. The van der Waals surface area contributed by atoms with Crippen LogP contribution in [0.2, 0.25) is 0 Å². The van der Waals surface area contributed by atoms with Gasteiger partial charge < -0.3 is 14.9 Å². The molecule has 0 spiro atoms. The van der Waals surface area contributed by atoms with Crippen molar-refractivity contribution in [2.45, 2.75) is 51.4 Å². The molecular weight excluding hydrogens is 288 g/mol. The zero-order valence-corrected chi connectivity index (χ0v) is 13.0. The molecule has 0 bridgehead atoms. The Hall–Kier alpha value is -2.11. The lowest BCUT2D eigenvalue weighted by Gasteiger charge is -1.93. The molecule has 2 N–H and O–H groups in total. The van der Waals surface area contributed by atoms with Crippen LogP contribution in [0.4, 0.5) is 0 Å².